The SMILES string of the molecule is Cc1c(NC(=O)COC(=O)c2ccc(Cl)c(S(=O)(=O)N3CCN(c4ccc(F)cc4)CC3)c2)cccc1[N+](=O)[O-]. The van der Waals surface area contributed by atoms with E-state index < -0.39 is 33.4 Å². The third kappa shape index (κ3) is 6.38. The number of benzene rings is 3. The van der Waals surface area contributed by atoms with Gasteiger partial charge in [0.1, 0.15) is 10.7 Å². The molecular formula is C26H24ClFN4O7S. The fourth-order valence-electron chi connectivity index (χ4n) is 4.16. The summed E-state index contributed by atoms with van der Waals surface area (Å²) in [6, 6.07) is 13.7. The Morgan fingerprint density at radius 2 is 1.75 bits per heavy atom. The summed E-state index contributed by atoms with van der Waals surface area (Å²) in [6.45, 7) is 1.77. The fourth-order valence-corrected chi connectivity index (χ4v) is 6.09. The monoisotopic (exact) mass is 590 g/mol. The molecule has 3 aromatic carbocycles. The van der Waals surface area contributed by atoms with Crippen LogP contribution in [0.3, 0.4) is 0 Å². The van der Waals surface area contributed by atoms with E-state index in [0.717, 1.165) is 11.8 Å². The molecule has 1 aliphatic heterocycles. The summed E-state index contributed by atoms with van der Waals surface area (Å²) in [5, 5.41) is 13.5. The van der Waals surface area contributed by atoms with E-state index in [1.165, 1.54) is 53.7 Å². The molecule has 40 heavy (non-hydrogen) atoms. The Hall–Kier alpha value is -4.07. The molecule has 0 aromatic heterocycles. The number of nitro benzene ring substituents is 1. The lowest BCUT2D eigenvalue weighted by Gasteiger charge is -2.35. The van der Waals surface area contributed by atoms with Crippen molar-refractivity contribution in [1.82, 2.24) is 4.31 Å². The normalized spacial score (nSPS) is 14.0. The third-order valence-corrected chi connectivity index (χ3v) is 8.71. The topological polar surface area (TPSA) is 139 Å². The van der Waals surface area contributed by atoms with Gasteiger partial charge in [-0.25, -0.2) is 17.6 Å². The van der Waals surface area contributed by atoms with Crippen molar-refractivity contribution in [2.45, 2.75) is 11.8 Å². The number of ether oxygens (including phenoxy) is 1. The number of nitrogens with zero attached hydrogens (tertiary/aromatic N) is 3. The zero-order valence-corrected chi connectivity index (χ0v) is 22.7. The molecule has 4 rings (SSSR count). The number of esters is 1. The first-order valence-corrected chi connectivity index (χ1v) is 13.8. The molecule has 0 radical (unpaired) electrons. The van der Waals surface area contributed by atoms with E-state index in [1.807, 2.05) is 4.90 Å². The predicted molar refractivity (Wildman–Crippen MR) is 146 cm³/mol. The van der Waals surface area contributed by atoms with Gasteiger partial charge in [0.25, 0.3) is 11.6 Å². The molecule has 14 heteroatoms. The quantitative estimate of drug-likeness (QED) is 0.236. The number of nitrogens with one attached hydrogen (secondary N) is 1. The molecule has 1 heterocycles. The Morgan fingerprint density at radius 3 is 2.40 bits per heavy atom. The molecule has 3 aromatic rings. The van der Waals surface area contributed by atoms with Crippen LogP contribution in [0.2, 0.25) is 5.02 Å². The maximum atomic E-state index is 13.4. The van der Waals surface area contributed by atoms with Crippen LogP contribution in [0.4, 0.5) is 21.5 Å². The lowest BCUT2D eigenvalue weighted by Crippen LogP contribution is -2.48. The molecule has 0 aliphatic carbocycles. The van der Waals surface area contributed by atoms with Crippen LogP contribution in [0.15, 0.2) is 65.6 Å². The van der Waals surface area contributed by atoms with E-state index >= 15 is 0 Å². The molecule has 0 spiro atoms. The number of hydrogen-bond donors (Lipinski definition) is 1. The predicted octanol–water partition coefficient (Wildman–Crippen LogP) is 4.00. The van der Waals surface area contributed by atoms with Gasteiger partial charge in [-0.2, -0.15) is 4.31 Å². The van der Waals surface area contributed by atoms with Gasteiger partial charge in [0.2, 0.25) is 10.0 Å². The van der Waals surface area contributed by atoms with Crippen molar-refractivity contribution in [3.05, 3.63) is 92.7 Å². The minimum atomic E-state index is -4.08. The van der Waals surface area contributed by atoms with Gasteiger partial charge in [-0.1, -0.05) is 17.7 Å². The van der Waals surface area contributed by atoms with Gasteiger partial charge in [-0.15, -0.1) is 0 Å². The van der Waals surface area contributed by atoms with Crippen LogP contribution < -0.4 is 10.2 Å². The molecule has 210 valence electrons. The van der Waals surface area contributed by atoms with E-state index in [1.54, 1.807) is 12.1 Å². The van der Waals surface area contributed by atoms with Crippen LogP contribution in [-0.4, -0.2) is 62.3 Å². The van der Waals surface area contributed by atoms with Crippen molar-refractivity contribution in [3.63, 3.8) is 0 Å². The number of piperazine rings is 1. The molecule has 0 atom stereocenters. The van der Waals surface area contributed by atoms with Crippen molar-refractivity contribution in [2.24, 2.45) is 0 Å². The van der Waals surface area contributed by atoms with Gasteiger partial charge in [0.05, 0.1) is 26.8 Å². The van der Waals surface area contributed by atoms with Crippen LogP contribution in [0.5, 0.6) is 0 Å². The second-order valence-electron chi connectivity index (χ2n) is 8.84. The van der Waals surface area contributed by atoms with Gasteiger partial charge in [-0.3, -0.25) is 14.9 Å². The summed E-state index contributed by atoms with van der Waals surface area (Å²) in [5.41, 5.74) is 0.882. The molecular weight excluding hydrogens is 567 g/mol. The first kappa shape index (κ1) is 28.9. The maximum absolute atomic E-state index is 13.4. The number of anilines is 2. The first-order chi connectivity index (χ1) is 19.0. The highest BCUT2D eigenvalue weighted by Gasteiger charge is 2.31. The summed E-state index contributed by atoms with van der Waals surface area (Å²) in [5.74, 6) is -2.06. The third-order valence-electron chi connectivity index (χ3n) is 6.33. The van der Waals surface area contributed by atoms with Gasteiger partial charge in [0.15, 0.2) is 6.61 Å². The van der Waals surface area contributed by atoms with E-state index in [4.69, 9.17) is 16.3 Å². The average Bonchev–Trinajstić information content (AvgIpc) is 2.93. The number of nitro groups is 1. The van der Waals surface area contributed by atoms with Crippen LogP contribution in [0, 0.1) is 22.9 Å². The molecule has 1 fully saturated rings. The number of halogens is 2. The standard InChI is InChI=1S/C26H24ClFN4O7S/c1-17-22(3-2-4-23(17)32(35)36)29-25(33)16-39-26(34)18-5-10-21(27)24(15-18)40(37,38)31-13-11-30(12-14-31)20-8-6-19(28)7-9-20/h2-10,15H,11-14,16H2,1H3,(H,29,33). The molecule has 1 aliphatic rings. The van der Waals surface area contributed by atoms with Crippen molar-refractivity contribution >= 4 is 50.6 Å². The highest BCUT2D eigenvalue weighted by Crippen LogP contribution is 2.28. The second kappa shape index (κ2) is 12.0. The molecule has 0 bridgehead atoms. The largest absolute Gasteiger partial charge is 0.452 e. The highest BCUT2D eigenvalue weighted by molar-refractivity contribution is 7.89. The van der Waals surface area contributed by atoms with E-state index in [9.17, 15) is 32.5 Å². The summed E-state index contributed by atoms with van der Waals surface area (Å²) in [7, 11) is -4.08. The second-order valence-corrected chi connectivity index (χ2v) is 11.2. The first-order valence-electron chi connectivity index (χ1n) is 12.0. The number of carbonyl (C=O) groups excluding carboxylic acids is 2. The Morgan fingerprint density at radius 1 is 1.07 bits per heavy atom. The molecule has 1 N–H and O–H groups in total. The van der Waals surface area contributed by atoms with Crippen molar-refractivity contribution in [2.75, 3.05) is 43.0 Å². The minimum Gasteiger partial charge on any atom is -0.452 e. The van der Waals surface area contributed by atoms with Crippen LogP contribution in [-0.2, 0) is 19.6 Å². The maximum Gasteiger partial charge on any atom is 0.338 e. The lowest BCUT2D eigenvalue weighted by atomic mass is 10.1. The Bertz CT molecular complexity index is 1560. The zero-order valence-electron chi connectivity index (χ0n) is 21.2. The number of rotatable bonds is 8. The highest BCUT2D eigenvalue weighted by atomic mass is 35.5. The number of carbonyl (C=O) groups is 2. The summed E-state index contributed by atoms with van der Waals surface area (Å²) >= 11 is 6.20. The number of sulfonamides is 1. The molecule has 11 nitrogen and oxygen atoms in total. The zero-order chi connectivity index (χ0) is 29.0. The van der Waals surface area contributed by atoms with Gasteiger partial charge in [-0.05, 0) is 55.5 Å². The van der Waals surface area contributed by atoms with E-state index in [-0.39, 0.29) is 51.3 Å². The van der Waals surface area contributed by atoms with Crippen molar-refractivity contribution in [1.29, 1.82) is 0 Å². The molecule has 1 saturated heterocycles. The lowest BCUT2D eigenvalue weighted by molar-refractivity contribution is -0.385. The van der Waals surface area contributed by atoms with Gasteiger partial charge in [0, 0.05) is 37.9 Å². The van der Waals surface area contributed by atoms with Crippen LogP contribution in [0.25, 0.3) is 0 Å². The number of hydrogen-bond acceptors (Lipinski definition) is 8. The Labute approximate surface area is 234 Å². The Balaban J connectivity index is 1.40. The average molecular weight is 591 g/mol. The van der Waals surface area contributed by atoms with Gasteiger partial charge >= 0.3 is 5.97 Å². The van der Waals surface area contributed by atoms with Crippen molar-refractivity contribution < 1.29 is 32.1 Å². The van der Waals surface area contributed by atoms with Gasteiger partial charge < -0.3 is 15.0 Å². The summed E-state index contributed by atoms with van der Waals surface area (Å²) in [6.07, 6.45) is 0. The Kier molecular flexibility index (Phi) is 8.67. The fraction of sp³-hybridized carbons (Fsp3) is 0.231. The van der Waals surface area contributed by atoms with E-state index in [2.05, 4.69) is 5.32 Å². The van der Waals surface area contributed by atoms with Crippen LogP contribution >= 0.6 is 11.6 Å². The molecule has 0 saturated carbocycles. The van der Waals surface area contributed by atoms with E-state index in [0.29, 0.717) is 13.1 Å². The number of amides is 1. The summed E-state index contributed by atoms with van der Waals surface area (Å²) < 4.78 is 46.2. The smallest absolute Gasteiger partial charge is 0.338 e. The summed E-state index contributed by atoms with van der Waals surface area (Å²) in [4.78, 5) is 37.1. The molecule has 0 unspecified atom stereocenters. The van der Waals surface area contributed by atoms with Crippen LogP contribution in [0.1, 0.15) is 15.9 Å². The van der Waals surface area contributed by atoms with Crippen molar-refractivity contribution in [3.8, 4) is 0 Å². The minimum absolute atomic E-state index is 0.0867. The molecule has 1 amide bonds.